The molecule has 5 aromatic rings. The lowest BCUT2D eigenvalue weighted by molar-refractivity contribution is -0.195. The van der Waals surface area contributed by atoms with Crippen molar-refractivity contribution in [3.63, 3.8) is 0 Å². The summed E-state index contributed by atoms with van der Waals surface area (Å²) >= 11 is 0. The number of hydrogen-bond acceptors (Lipinski definition) is 5. The van der Waals surface area contributed by atoms with Gasteiger partial charge in [-0.1, -0.05) is 78.9 Å². The highest BCUT2D eigenvalue weighted by atomic mass is 19.4. The summed E-state index contributed by atoms with van der Waals surface area (Å²) in [6.45, 7) is 3.36. The monoisotopic (exact) mass is 603 g/mol. The Morgan fingerprint density at radius 1 is 0.886 bits per heavy atom. The van der Waals surface area contributed by atoms with Crippen LogP contribution >= 0.6 is 0 Å². The SMILES string of the molecule is COC(C)(c1cccc(-c2ccc(CN(Cc3ccc(C(F)(F)F)o3)C(=O)c3c(C)ccc4ccccc34)cc2)c1)C(O)O. The number of fused-ring (bicyclic) bond motifs is 1. The molecule has 1 amide bonds. The predicted octanol–water partition coefficient (Wildman–Crippen LogP) is 7.44. The Labute approximate surface area is 252 Å². The number of nitrogens with zero attached hydrogens (tertiary/aromatic N) is 1. The molecule has 0 aliphatic carbocycles. The van der Waals surface area contributed by atoms with Crippen molar-refractivity contribution in [2.24, 2.45) is 0 Å². The van der Waals surface area contributed by atoms with Crippen LogP contribution in [0.5, 0.6) is 0 Å². The van der Waals surface area contributed by atoms with Gasteiger partial charge in [0.15, 0.2) is 6.29 Å². The number of benzene rings is 4. The van der Waals surface area contributed by atoms with Crippen LogP contribution in [0.2, 0.25) is 0 Å². The van der Waals surface area contributed by atoms with Crippen molar-refractivity contribution in [3.05, 3.63) is 131 Å². The van der Waals surface area contributed by atoms with E-state index in [-0.39, 0.29) is 24.8 Å². The van der Waals surface area contributed by atoms with E-state index >= 15 is 0 Å². The van der Waals surface area contributed by atoms with Crippen LogP contribution in [0, 0.1) is 6.92 Å². The second kappa shape index (κ2) is 12.3. The fourth-order valence-electron chi connectivity index (χ4n) is 5.23. The molecule has 1 unspecified atom stereocenters. The smallest absolute Gasteiger partial charge is 0.449 e. The molecule has 0 aliphatic heterocycles. The summed E-state index contributed by atoms with van der Waals surface area (Å²) in [5.74, 6) is -1.43. The quantitative estimate of drug-likeness (QED) is 0.171. The third-order valence-electron chi connectivity index (χ3n) is 7.94. The van der Waals surface area contributed by atoms with Gasteiger partial charge in [-0.05, 0) is 70.6 Å². The molecule has 0 fully saturated rings. The second-order valence-electron chi connectivity index (χ2n) is 10.9. The van der Waals surface area contributed by atoms with Gasteiger partial charge in [0.1, 0.15) is 11.4 Å². The van der Waals surface area contributed by atoms with E-state index in [1.807, 2.05) is 79.7 Å². The molecular weight excluding hydrogens is 571 g/mol. The van der Waals surface area contributed by atoms with E-state index in [0.29, 0.717) is 11.1 Å². The third kappa shape index (κ3) is 6.26. The minimum atomic E-state index is -4.64. The zero-order valence-electron chi connectivity index (χ0n) is 24.4. The van der Waals surface area contributed by atoms with E-state index in [1.165, 1.54) is 18.1 Å². The highest BCUT2D eigenvalue weighted by Gasteiger charge is 2.35. The van der Waals surface area contributed by atoms with Gasteiger partial charge in [-0.15, -0.1) is 0 Å². The summed E-state index contributed by atoms with van der Waals surface area (Å²) in [6.07, 6.45) is -6.37. The minimum Gasteiger partial charge on any atom is -0.455 e. The Morgan fingerprint density at radius 2 is 1.61 bits per heavy atom. The zero-order valence-corrected chi connectivity index (χ0v) is 24.4. The summed E-state index contributed by atoms with van der Waals surface area (Å²) in [5.41, 5.74) is 2.89. The molecule has 6 nitrogen and oxygen atoms in total. The maximum absolute atomic E-state index is 14.1. The number of furan rings is 1. The number of ether oxygens (including phenoxy) is 1. The topological polar surface area (TPSA) is 83.1 Å². The molecule has 0 aliphatic rings. The lowest BCUT2D eigenvalue weighted by Crippen LogP contribution is -2.38. The summed E-state index contributed by atoms with van der Waals surface area (Å²) in [7, 11) is 1.40. The highest BCUT2D eigenvalue weighted by molar-refractivity contribution is 6.08. The molecule has 0 bridgehead atoms. The van der Waals surface area contributed by atoms with Gasteiger partial charge in [0.05, 0.1) is 12.1 Å². The van der Waals surface area contributed by atoms with Crippen LogP contribution in [0.3, 0.4) is 0 Å². The van der Waals surface area contributed by atoms with Gasteiger partial charge in [-0.25, -0.2) is 0 Å². The summed E-state index contributed by atoms with van der Waals surface area (Å²) < 4.78 is 50.3. The molecular formula is C35H32F3NO5. The van der Waals surface area contributed by atoms with Gasteiger partial charge in [-0.2, -0.15) is 13.2 Å². The fourth-order valence-corrected chi connectivity index (χ4v) is 5.23. The van der Waals surface area contributed by atoms with Crippen molar-refractivity contribution >= 4 is 16.7 Å². The first-order valence-corrected chi connectivity index (χ1v) is 14.0. The van der Waals surface area contributed by atoms with E-state index in [2.05, 4.69) is 0 Å². The number of halogens is 3. The van der Waals surface area contributed by atoms with Crippen molar-refractivity contribution in [1.82, 2.24) is 4.90 Å². The number of amides is 1. The molecule has 2 N–H and O–H groups in total. The molecule has 228 valence electrons. The van der Waals surface area contributed by atoms with Gasteiger partial charge in [0.2, 0.25) is 5.76 Å². The van der Waals surface area contributed by atoms with Gasteiger partial charge >= 0.3 is 6.18 Å². The lowest BCUT2D eigenvalue weighted by atomic mass is 9.91. The van der Waals surface area contributed by atoms with Crippen LogP contribution in [0.4, 0.5) is 13.2 Å². The van der Waals surface area contributed by atoms with Gasteiger partial charge in [-0.3, -0.25) is 4.79 Å². The zero-order chi connectivity index (χ0) is 31.6. The van der Waals surface area contributed by atoms with E-state index in [1.54, 1.807) is 19.1 Å². The standard InChI is InChI=1S/C35H32F3NO5/c1-22-11-14-25-7-4-5-10-29(25)31(22)32(40)39(21-28-17-18-30(44-28)35(36,37)38)20-23-12-15-24(16-13-23)26-8-6-9-27(19-26)34(2,43-3)33(41)42/h4-19,33,41-42H,20-21H2,1-3H3. The highest BCUT2D eigenvalue weighted by Crippen LogP contribution is 2.33. The van der Waals surface area contributed by atoms with E-state index in [4.69, 9.17) is 9.15 Å². The number of carbonyl (C=O) groups excluding carboxylic acids is 1. The molecule has 5 rings (SSSR count). The van der Waals surface area contributed by atoms with Crippen molar-refractivity contribution in [1.29, 1.82) is 0 Å². The molecule has 1 aromatic heterocycles. The third-order valence-corrected chi connectivity index (χ3v) is 7.94. The first-order valence-electron chi connectivity index (χ1n) is 14.0. The number of rotatable bonds is 9. The largest absolute Gasteiger partial charge is 0.455 e. The van der Waals surface area contributed by atoms with Gasteiger partial charge in [0.25, 0.3) is 5.91 Å². The molecule has 0 spiro atoms. The Hall–Kier alpha value is -4.44. The molecule has 44 heavy (non-hydrogen) atoms. The van der Waals surface area contributed by atoms with Crippen molar-refractivity contribution in [2.45, 2.75) is 45.0 Å². The number of aryl methyl sites for hydroxylation is 1. The first-order chi connectivity index (χ1) is 20.9. The Bertz CT molecular complexity index is 1780. The molecule has 0 saturated carbocycles. The summed E-state index contributed by atoms with van der Waals surface area (Å²) in [5, 5.41) is 21.4. The van der Waals surface area contributed by atoms with Crippen LogP contribution in [-0.2, 0) is 29.6 Å². The second-order valence-corrected chi connectivity index (χ2v) is 10.9. The average Bonchev–Trinajstić information content (AvgIpc) is 3.50. The predicted molar refractivity (Wildman–Crippen MR) is 160 cm³/mol. The summed E-state index contributed by atoms with van der Waals surface area (Å²) in [4.78, 5) is 15.6. The number of methoxy groups -OCH3 is 1. The van der Waals surface area contributed by atoms with Crippen molar-refractivity contribution < 1.29 is 37.3 Å². The minimum absolute atomic E-state index is 0.0178. The van der Waals surface area contributed by atoms with Gasteiger partial charge in [0, 0.05) is 13.7 Å². The Morgan fingerprint density at radius 3 is 2.27 bits per heavy atom. The molecule has 0 radical (unpaired) electrons. The van der Waals surface area contributed by atoms with E-state index in [0.717, 1.165) is 39.1 Å². The molecule has 1 atom stereocenters. The lowest BCUT2D eigenvalue weighted by Gasteiger charge is -2.30. The maximum Gasteiger partial charge on any atom is 0.449 e. The number of alkyl halides is 3. The number of aliphatic hydroxyl groups is 2. The molecule has 1 heterocycles. The molecule has 0 saturated heterocycles. The van der Waals surface area contributed by atoms with Gasteiger partial charge < -0.3 is 24.3 Å². The number of hydrogen-bond donors (Lipinski definition) is 2. The normalized spacial score (nSPS) is 13.3. The van der Waals surface area contributed by atoms with Crippen LogP contribution in [0.25, 0.3) is 21.9 Å². The average molecular weight is 604 g/mol. The summed E-state index contributed by atoms with van der Waals surface area (Å²) in [6, 6.07) is 28.0. The van der Waals surface area contributed by atoms with Crippen LogP contribution in [0.1, 0.15) is 45.5 Å². The number of carbonyl (C=O) groups is 1. The van der Waals surface area contributed by atoms with E-state index in [9.17, 15) is 28.2 Å². The van der Waals surface area contributed by atoms with Crippen molar-refractivity contribution in [2.75, 3.05) is 7.11 Å². The van der Waals surface area contributed by atoms with Crippen LogP contribution in [-0.4, -0.2) is 34.4 Å². The molecule has 4 aromatic carbocycles. The Kier molecular flexibility index (Phi) is 8.65. The fraction of sp³-hybridized carbons (Fsp3) is 0.229. The van der Waals surface area contributed by atoms with Crippen LogP contribution < -0.4 is 0 Å². The first kappa shape index (κ1) is 31.0. The van der Waals surface area contributed by atoms with Crippen LogP contribution in [0.15, 0.2) is 101 Å². The van der Waals surface area contributed by atoms with E-state index < -0.39 is 23.8 Å². The number of aliphatic hydroxyl groups excluding tert-OH is 1. The maximum atomic E-state index is 14.1. The molecule has 9 heteroatoms. The van der Waals surface area contributed by atoms with Crippen molar-refractivity contribution in [3.8, 4) is 11.1 Å². The Balaban J connectivity index is 1.47.